The van der Waals surface area contributed by atoms with Crippen LogP contribution in [0.1, 0.15) is 27.8 Å². The van der Waals surface area contributed by atoms with Gasteiger partial charge in [-0.3, -0.25) is 0 Å². The van der Waals surface area contributed by atoms with Crippen LogP contribution in [0, 0.1) is 20.8 Å². The quantitative estimate of drug-likeness (QED) is 0.897. The van der Waals surface area contributed by atoms with Crippen molar-refractivity contribution in [3.8, 4) is 17.2 Å². The van der Waals surface area contributed by atoms with Gasteiger partial charge in [0.1, 0.15) is 5.75 Å². The molecule has 0 aliphatic heterocycles. The van der Waals surface area contributed by atoms with Crippen molar-refractivity contribution < 1.29 is 14.9 Å². The van der Waals surface area contributed by atoms with Crippen molar-refractivity contribution in [3.63, 3.8) is 0 Å². The van der Waals surface area contributed by atoms with Gasteiger partial charge >= 0.3 is 0 Å². The molecule has 0 aliphatic rings. The molecule has 0 fully saturated rings. The van der Waals surface area contributed by atoms with E-state index in [1.54, 1.807) is 12.1 Å². The first-order valence-corrected chi connectivity index (χ1v) is 6.58. The van der Waals surface area contributed by atoms with E-state index in [4.69, 9.17) is 4.74 Å². The number of hydrogen-bond donors (Lipinski definition) is 2. The lowest BCUT2D eigenvalue weighted by Crippen LogP contribution is -1.97. The molecule has 0 aliphatic carbocycles. The molecule has 2 N–H and O–H groups in total. The number of benzene rings is 2. The Morgan fingerprint density at radius 3 is 1.95 bits per heavy atom. The molecule has 2 rings (SSSR count). The summed E-state index contributed by atoms with van der Waals surface area (Å²) in [6, 6.07) is 7.33. The van der Waals surface area contributed by atoms with Crippen LogP contribution in [0.5, 0.6) is 17.2 Å². The summed E-state index contributed by atoms with van der Waals surface area (Å²) in [5, 5.41) is 19.7. The second kappa shape index (κ2) is 5.45. The van der Waals surface area contributed by atoms with E-state index in [1.165, 1.54) is 7.11 Å². The Labute approximate surface area is 119 Å². The van der Waals surface area contributed by atoms with Crippen LogP contribution < -0.4 is 4.74 Å². The van der Waals surface area contributed by atoms with Gasteiger partial charge in [0.2, 0.25) is 0 Å². The number of hydrogen-bond acceptors (Lipinski definition) is 3. The highest BCUT2D eigenvalue weighted by Crippen LogP contribution is 2.31. The van der Waals surface area contributed by atoms with E-state index in [1.807, 2.05) is 32.9 Å². The maximum absolute atomic E-state index is 9.89. The molecule has 20 heavy (non-hydrogen) atoms. The zero-order valence-electron chi connectivity index (χ0n) is 12.3. The Balaban J connectivity index is 2.40. The second-order valence-electron chi connectivity index (χ2n) is 5.19. The summed E-state index contributed by atoms with van der Waals surface area (Å²) in [5.41, 5.74) is 5.14. The number of aromatic hydroxyl groups is 2. The number of aryl methyl sites for hydroxylation is 3. The number of phenolic OH excluding ortho intramolecular Hbond substituents is 2. The van der Waals surface area contributed by atoms with Crippen LogP contribution in [0.2, 0.25) is 0 Å². The molecule has 2 aromatic carbocycles. The number of phenols is 2. The minimum absolute atomic E-state index is 0.141. The van der Waals surface area contributed by atoms with E-state index in [9.17, 15) is 10.2 Å². The average molecular weight is 272 g/mol. The highest BCUT2D eigenvalue weighted by molar-refractivity contribution is 5.49. The van der Waals surface area contributed by atoms with Crippen molar-refractivity contribution >= 4 is 0 Å². The summed E-state index contributed by atoms with van der Waals surface area (Å²) in [6.45, 7) is 5.90. The molecule has 3 nitrogen and oxygen atoms in total. The van der Waals surface area contributed by atoms with Crippen molar-refractivity contribution in [3.05, 3.63) is 52.1 Å². The van der Waals surface area contributed by atoms with Crippen molar-refractivity contribution in [2.24, 2.45) is 0 Å². The molecule has 0 unspecified atom stereocenters. The summed E-state index contributed by atoms with van der Waals surface area (Å²) in [4.78, 5) is 0. The summed E-state index contributed by atoms with van der Waals surface area (Å²) >= 11 is 0. The molecule has 0 saturated carbocycles. The first-order valence-electron chi connectivity index (χ1n) is 6.58. The first kappa shape index (κ1) is 14.3. The fourth-order valence-electron chi connectivity index (χ4n) is 2.35. The van der Waals surface area contributed by atoms with E-state index in [0.717, 1.165) is 27.8 Å². The molecule has 0 aromatic heterocycles. The van der Waals surface area contributed by atoms with Gasteiger partial charge in [0.05, 0.1) is 7.11 Å². The summed E-state index contributed by atoms with van der Waals surface area (Å²) in [7, 11) is 1.54. The monoisotopic (exact) mass is 272 g/mol. The van der Waals surface area contributed by atoms with Gasteiger partial charge in [-0.25, -0.2) is 0 Å². The lowest BCUT2D eigenvalue weighted by Gasteiger charge is -2.13. The fourth-order valence-corrected chi connectivity index (χ4v) is 2.35. The summed E-state index contributed by atoms with van der Waals surface area (Å²) in [6.07, 6.45) is 0.670. The molecule has 0 spiro atoms. The number of ether oxygens (including phenoxy) is 1. The largest absolute Gasteiger partial charge is 0.508 e. The molecule has 0 amide bonds. The van der Waals surface area contributed by atoms with Crippen LogP contribution in [0.15, 0.2) is 24.3 Å². The standard InChI is InChI=1S/C17H20O3/c1-10-5-12(3)15(18)8-13(10)7-14-9-16(19)17(20-4)6-11(14)2/h5-6,8-9,18-19H,7H2,1-4H3. The third-order valence-corrected chi connectivity index (χ3v) is 3.67. The van der Waals surface area contributed by atoms with Crippen LogP contribution in [0.25, 0.3) is 0 Å². The number of rotatable bonds is 3. The topological polar surface area (TPSA) is 49.7 Å². The highest BCUT2D eigenvalue weighted by atomic mass is 16.5. The molecule has 0 saturated heterocycles. The van der Waals surface area contributed by atoms with Crippen molar-refractivity contribution in [1.82, 2.24) is 0 Å². The van der Waals surface area contributed by atoms with E-state index >= 15 is 0 Å². The van der Waals surface area contributed by atoms with Gasteiger partial charge < -0.3 is 14.9 Å². The molecule has 0 heterocycles. The lowest BCUT2D eigenvalue weighted by molar-refractivity contribution is 0.373. The van der Waals surface area contributed by atoms with Crippen LogP contribution in [-0.2, 0) is 6.42 Å². The Bertz CT molecular complexity index is 645. The van der Waals surface area contributed by atoms with Gasteiger partial charge in [-0.15, -0.1) is 0 Å². The van der Waals surface area contributed by atoms with Gasteiger partial charge in [0.25, 0.3) is 0 Å². The van der Waals surface area contributed by atoms with Gasteiger partial charge in [-0.2, -0.15) is 0 Å². The minimum Gasteiger partial charge on any atom is -0.508 e. The van der Waals surface area contributed by atoms with E-state index in [2.05, 4.69) is 0 Å². The van der Waals surface area contributed by atoms with Crippen LogP contribution in [-0.4, -0.2) is 17.3 Å². The maximum Gasteiger partial charge on any atom is 0.160 e. The third-order valence-electron chi connectivity index (χ3n) is 3.67. The van der Waals surface area contributed by atoms with Crippen molar-refractivity contribution in [2.75, 3.05) is 7.11 Å². The highest BCUT2D eigenvalue weighted by Gasteiger charge is 2.10. The molecule has 2 aromatic rings. The predicted molar refractivity (Wildman–Crippen MR) is 79.8 cm³/mol. The average Bonchev–Trinajstić information content (AvgIpc) is 2.39. The van der Waals surface area contributed by atoms with E-state index in [-0.39, 0.29) is 5.75 Å². The molecule has 0 radical (unpaired) electrons. The minimum atomic E-state index is 0.141. The van der Waals surface area contributed by atoms with Crippen LogP contribution in [0.4, 0.5) is 0 Å². The molecule has 106 valence electrons. The molecular weight excluding hydrogens is 252 g/mol. The molecular formula is C17H20O3. The smallest absolute Gasteiger partial charge is 0.160 e. The molecule has 0 bridgehead atoms. The first-order chi connectivity index (χ1) is 9.42. The van der Waals surface area contributed by atoms with E-state index in [0.29, 0.717) is 17.9 Å². The van der Waals surface area contributed by atoms with Crippen LogP contribution >= 0.6 is 0 Å². The van der Waals surface area contributed by atoms with Crippen molar-refractivity contribution in [1.29, 1.82) is 0 Å². The van der Waals surface area contributed by atoms with E-state index < -0.39 is 0 Å². The Hall–Kier alpha value is -2.16. The Morgan fingerprint density at radius 1 is 0.800 bits per heavy atom. The molecule has 0 atom stereocenters. The van der Waals surface area contributed by atoms with Crippen molar-refractivity contribution in [2.45, 2.75) is 27.2 Å². The lowest BCUT2D eigenvalue weighted by atomic mass is 9.95. The normalized spacial score (nSPS) is 10.6. The van der Waals surface area contributed by atoms with Gasteiger partial charge in [0.15, 0.2) is 11.5 Å². The SMILES string of the molecule is COc1cc(C)c(Cc2cc(O)c(C)cc2C)cc1O. The number of methoxy groups -OCH3 is 1. The third kappa shape index (κ3) is 2.72. The summed E-state index contributed by atoms with van der Waals surface area (Å²) < 4.78 is 5.10. The fraction of sp³-hybridized carbons (Fsp3) is 0.294. The van der Waals surface area contributed by atoms with Gasteiger partial charge in [-0.1, -0.05) is 6.07 Å². The molecule has 3 heteroatoms. The zero-order chi connectivity index (χ0) is 14.9. The van der Waals surface area contributed by atoms with Gasteiger partial charge in [-0.05, 0) is 73.2 Å². The van der Waals surface area contributed by atoms with Crippen LogP contribution in [0.3, 0.4) is 0 Å². The Kier molecular flexibility index (Phi) is 3.89. The Morgan fingerprint density at radius 2 is 1.35 bits per heavy atom. The zero-order valence-corrected chi connectivity index (χ0v) is 12.3. The predicted octanol–water partition coefficient (Wildman–Crippen LogP) is 3.62. The second-order valence-corrected chi connectivity index (χ2v) is 5.19. The summed E-state index contributed by atoms with van der Waals surface area (Å²) in [5.74, 6) is 0.929. The maximum atomic E-state index is 9.89. The van der Waals surface area contributed by atoms with Gasteiger partial charge in [0, 0.05) is 0 Å².